The van der Waals surface area contributed by atoms with Crippen LogP contribution >= 0.6 is 0 Å². The summed E-state index contributed by atoms with van der Waals surface area (Å²) in [7, 11) is 1.90. The van der Waals surface area contributed by atoms with Gasteiger partial charge in [-0.05, 0) is 26.0 Å². The summed E-state index contributed by atoms with van der Waals surface area (Å²) in [5, 5.41) is 13.8. The van der Waals surface area contributed by atoms with Gasteiger partial charge in [0.15, 0.2) is 0 Å². The predicted molar refractivity (Wildman–Crippen MR) is 69.3 cm³/mol. The van der Waals surface area contributed by atoms with Crippen molar-refractivity contribution in [3.05, 3.63) is 35.4 Å². The molecule has 0 saturated heterocycles. The molecule has 0 aliphatic carbocycles. The molecule has 0 fully saturated rings. The lowest BCUT2D eigenvalue weighted by molar-refractivity contribution is 0.281. The van der Waals surface area contributed by atoms with Crippen LogP contribution in [-0.2, 0) is 20.2 Å². The summed E-state index contributed by atoms with van der Waals surface area (Å²) in [6.07, 6.45) is 1.67. The first-order valence-electron chi connectivity index (χ1n) is 6.08. The van der Waals surface area contributed by atoms with Gasteiger partial charge < -0.3 is 14.4 Å². The Morgan fingerprint density at radius 2 is 2.28 bits per heavy atom. The van der Waals surface area contributed by atoms with Crippen LogP contribution in [0.2, 0.25) is 0 Å². The maximum Gasteiger partial charge on any atom is 0.132 e. The molecule has 2 aromatic heterocycles. The van der Waals surface area contributed by atoms with Gasteiger partial charge in [-0.25, -0.2) is 0 Å². The van der Waals surface area contributed by atoms with E-state index >= 15 is 0 Å². The van der Waals surface area contributed by atoms with Crippen molar-refractivity contribution in [1.29, 1.82) is 0 Å². The maximum atomic E-state index is 9.48. The molecule has 0 bridgehead atoms. The standard InChI is InChI=1S/C13H19N3O2/c1-4-16(8-11-6-5-7-18-11)13-12(9-17)10(2)14-15(13)3/h5-7,17H,4,8-9H2,1-3H3. The number of aryl methyl sites for hydroxylation is 2. The summed E-state index contributed by atoms with van der Waals surface area (Å²) >= 11 is 0. The zero-order chi connectivity index (χ0) is 13.1. The number of hydrogen-bond acceptors (Lipinski definition) is 4. The zero-order valence-electron chi connectivity index (χ0n) is 11.1. The van der Waals surface area contributed by atoms with Crippen LogP contribution in [0.5, 0.6) is 0 Å². The normalized spacial score (nSPS) is 10.9. The Hall–Kier alpha value is -1.75. The van der Waals surface area contributed by atoms with E-state index in [2.05, 4.69) is 16.9 Å². The van der Waals surface area contributed by atoms with Gasteiger partial charge in [-0.15, -0.1) is 0 Å². The lowest BCUT2D eigenvalue weighted by Gasteiger charge is -2.23. The van der Waals surface area contributed by atoms with Crippen LogP contribution in [0.1, 0.15) is 23.9 Å². The number of aliphatic hydroxyl groups excluding tert-OH is 1. The smallest absolute Gasteiger partial charge is 0.132 e. The van der Waals surface area contributed by atoms with Crippen molar-refractivity contribution in [3.63, 3.8) is 0 Å². The summed E-state index contributed by atoms with van der Waals surface area (Å²) in [5.74, 6) is 1.86. The first-order chi connectivity index (χ1) is 8.67. The average Bonchev–Trinajstić information content (AvgIpc) is 2.94. The van der Waals surface area contributed by atoms with E-state index < -0.39 is 0 Å². The molecule has 0 atom stereocenters. The summed E-state index contributed by atoms with van der Waals surface area (Å²) < 4.78 is 7.19. The highest BCUT2D eigenvalue weighted by Crippen LogP contribution is 2.24. The molecule has 0 unspecified atom stereocenters. The van der Waals surface area contributed by atoms with Gasteiger partial charge in [0.25, 0.3) is 0 Å². The van der Waals surface area contributed by atoms with Gasteiger partial charge in [-0.1, -0.05) is 0 Å². The van der Waals surface area contributed by atoms with Crippen molar-refractivity contribution in [2.24, 2.45) is 7.05 Å². The monoisotopic (exact) mass is 249 g/mol. The average molecular weight is 249 g/mol. The number of rotatable bonds is 5. The largest absolute Gasteiger partial charge is 0.467 e. The fourth-order valence-corrected chi connectivity index (χ4v) is 2.20. The van der Waals surface area contributed by atoms with Crippen molar-refractivity contribution in [2.75, 3.05) is 11.4 Å². The molecular weight excluding hydrogens is 230 g/mol. The summed E-state index contributed by atoms with van der Waals surface area (Å²) in [6.45, 7) is 5.49. The SMILES string of the molecule is CCN(Cc1ccco1)c1c(CO)c(C)nn1C. The topological polar surface area (TPSA) is 54.4 Å². The maximum absolute atomic E-state index is 9.48. The van der Waals surface area contributed by atoms with E-state index in [1.165, 1.54) is 0 Å². The molecule has 0 aliphatic rings. The van der Waals surface area contributed by atoms with Gasteiger partial charge in [-0.2, -0.15) is 5.10 Å². The van der Waals surface area contributed by atoms with Crippen LogP contribution in [0, 0.1) is 6.92 Å². The van der Waals surface area contributed by atoms with Gasteiger partial charge >= 0.3 is 0 Å². The van der Waals surface area contributed by atoms with Crippen LogP contribution in [-0.4, -0.2) is 21.4 Å². The fraction of sp³-hybridized carbons (Fsp3) is 0.462. The van der Waals surface area contributed by atoms with E-state index in [9.17, 15) is 5.11 Å². The molecule has 2 heterocycles. The van der Waals surface area contributed by atoms with Gasteiger partial charge in [-0.3, -0.25) is 4.68 Å². The van der Waals surface area contributed by atoms with E-state index in [-0.39, 0.29) is 6.61 Å². The van der Waals surface area contributed by atoms with Crippen molar-refractivity contribution in [1.82, 2.24) is 9.78 Å². The second-order valence-corrected chi connectivity index (χ2v) is 4.26. The van der Waals surface area contributed by atoms with Crippen LogP contribution in [0.25, 0.3) is 0 Å². The Morgan fingerprint density at radius 1 is 1.50 bits per heavy atom. The van der Waals surface area contributed by atoms with Crippen LogP contribution < -0.4 is 4.90 Å². The summed E-state index contributed by atoms with van der Waals surface area (Å²) in [4.78, 5) is 2.14. The van der Waals surface area contributed by atoms with Gasteiger partial charge in [0.2, 0.25) is 0 Å². The Bertz CT molecular complexity index is 503. The minimum atomic E-state index is 0.00363. The first-order valence-corrected chi connectivity index (χ1v) is 6.08. The molecule has 0 saturated carbocycles. The molecule has 0 radical (unpaired) electrons. The van der Waals surface area contributed by atoms with Crippen molar-refractivity contribution >= 4 is 5.82 Å². The Kier molecular flexibility index (Phi) is 3.72. The third-order valence-corrected chi connectivity index (χ3v) is 3.08. The number of furan rings is 1. The lowest BCUT2D eigenvalue weighted by Crippen LogP contribution is -2.25. The van der Waals surface area contributed by atoms with Crippen molar-refractivity contribution in [2.45, 2.75) is 27.0 Å². The molecule has 98 valence electrons. The highest BCUT2D eigenvalue weighted by Gasteiger charge is 2.18. The molecule has 0 spiro atoms. The minimum Gasteiger partial charge on any atom is -0.467 e. The Balaban J connectivity index is 2.32. The third kappa shape index (κ3) is 2.26. The van der Waals surface area contributed by atoms with E-state index in [4.69, 9.17) is 4.42 Å². The van der Waals surface area contributed by atoms with Gasteiger partial charge in [0.1, 0.15) is 11.6 Å². The highest BCUT2D eigenvalue weighted by molar-refractivity contribution is 5.49. The Labute approximate surface area is 107 Å². The highest BCUT2D eigenvalue weighted by atomic mass is 16.3. The number of nitrogens with zero attached hydrogens (tertiary/aromatic N) is 3. The van der Waals surface area contributed by atoms with E-state index in [1.807, 2.05) is 30.8 Å². The third-order valence-electron chi connectivity index (χ3n) is 3.08. The number of anilines is 1. The molecule has 2 aromatic rings. The fourth-order valence-electron chi connectivity index (χ4n) is 2.20. The van der Waals surface area contributed by atoms with Crippen molar-refractivity contribution in [3.8, 4) is 0 Å². The van der Waals surface area contributed by atoms with Crippen molar-refractivity contribution < 1.29 is 9.52 Å². The van der Waals surface area contributed by atoms with Crippen LogP contribution in [0.15, 0.2) is 22.8 Å². The van der Waals surface area contributed by atoms with E-state index in [0.29, 0.717) is 6.54 Å². The van der Waals surface area contributed by atoms with Gasteiger partial charge in [0, 0.05) is 19.2 Å². The molecule has 2 rings (SSSR count). The summed E-state index contributed by atoms with van der Waals surface area (Å²) in [5.41, 5.74) is 1.75. The molecule has 18 heavy (non-hydrogen) atoms. The quantitative estimate of drug-likeness (QED) is 0.878. The zero-order valence-corrected chi connectivity index (χ0v) is 11.1. The lowest BCUT2D eigenvalue weighted by atomic mass is 10.2. The molecule has 1 N–H and O–H groups in total. The first kappa shape index (κ1) is 12.7. The second-order valence-electron chi connectivity index (χ2n) is 4.26. The number of aromatic nitrogens is 2. The summed E-state index contributed by atoms with van der Waals surface area (Å²) in [6, 6.07) is 3.83. The van der Waals surface area contributed by atoms with Crippen LogP contribution in [0.4, 0.5) is 5.82 Å². The minimum absolute atomic E-state index is 0.00363. The second kappa shape index (κ2) is 5.27. The predicted octanol–water partition coefficient (Wildman–Crippen LogP) is 1.84. The number of aliphatic hydroxyl groups is 1. The molecule has 0 amide bonds. The molecule has 0 aromatic carbocycles. The van der Waals surface area contributed by atoms with E-state index in [0.717, 1.165) is 29.4 Å². The van der Waals surface area contributed by atoms with Gasteiger partial charge in [0.05, 0.1) is 25.1 Å². The molecule has 5 heteroatoms. The Morgan fingerprint density at radius 3 is 2.83 bits per heavy atom. The molecular formula is C13H19N3O2. The van der Waals surface area contributed by atoms with Crippen LogP contribution in [0.3, 0.4) is 0 Å². The number of hydrogen-bond donors (Lipinski definition) is 1. The molecule has 5 nitrogen and oxygen atoms in total. The van der Waals surface area contributed by atoms with E-state index in [1.54, 1.807) is 6.26 Å². The molecule has 0 aliphatic heterocycles.